The molecule has 0 saturated carbocycles. The molecule has 7 nitrogen and oxygen atoms in total. The molecule has 3 unspecified atom stereocenters. The third-order valence-corrected chi connectivity index (χ3v) is 8.06. The largest absolute Gasteiger partial charge is 0.493 e. The van der Waals surface area contributed by atoms with Gasteiger partial charge in [-0.3, -0.25) is 9.59 Å². The van der Waals surface area contributed by atoms with E-state index in [0.29, 0.717) is 29.6 Å². The second-order valence-electron chi connectivity index (χ2n) is 10.6. The van der Waals surface area contributed by atoms with E-state index in [1.54, 1.807) is 14.0 Å². The highest BCUT2D eigenvalue weighted by atomic mass is 35.5. The highest BCUT2D eigenvalue weighted by Crippen LogP contribution is 2.44. The van der Waals surface area contributed by atoms with E-state index >= 15 is 0 Å². The summed E-state index contributed by atoms with van der Waals surface area (Å²) in [7, 11) is 1.62. The number of methoxy groups -OCH3 is 1. The van der Waals surface area contributed by atoms with Gasteiger partial charge in [0.2, 0.25) is 11.8 Å². The number of rotatable bonds is 11. The van der Waals surface area contributed by atoms with Crippen molar-refractivity contribution in [3.05, 3.63) is 87.9 Å². The zero-order chi connectivity index (χ0) is 29.7. The van der Waals surface area contributed by atoms with Gasteiger partial charge >= 0.3 is 0 Å². The van der Waals surface area contributed by atoms with E-state index in [0.717, 1.165) is 40.8 Å². The van der Waals surface area contributed by atoms with Gasteiger partial charge in [0.05, 0.1) is 31.7 Å². The van der Waals surface area contributed by atoms with Crippen LogP contribution in [0.25, 0.3) is 0 Å². The van der Waals surface area contributed by atoms with E-state index in [2.05, 4.69) is 6.92 Å². The monoisotopic (exact) mass is 577 g/mol. The molecule has 1 aliphatic rings. The van der Waals surface area contributed by atoms with Gasteiger partial charge in [0, 0.05) is 24.2 Å². The Morgan fingerprint density at radius 2 is 1.78 bits per heavy atom. The van der Waals surface area contributed by atoms with Crippen LogP contribution in [-0.2, 0) is 16.0 Å². The Morgan fingerprint density at radius 1 is 1.10 bits per heavy atom. The Hall–Kier alpha value is -3.55. The molecule has 8 heteroatoms. The summed E-state index contributed by atoms with van der Waals surface area (Å²) in [5.74, 6) is 1.25. The van der Waals surface area contributed by atoms with Crippen molar-refractivity contribution < 1.29 is 19.1 Å². The van der Waals surface area contributed by atoms with Crippen LogP contribution in [0.15, 0.2) is 60.7 Å². The number of ether oxygens (including phenoxy) is 2. The maximum absolute atomic E-state index is 13.8. The summed E-state index contributed by atoms with van der Waals surface area (Å²) < 4.78 is 11.9. The molecule has 0 fully saturated rings. The van der Waals surface area contributed by atoms with Gasteiger partial charge in [0.15, 0.2) is 11.5 Å². The van der Waals surface area contributed by atoms with Crippen molar-refractivity contribution in [1.82, 2.24) is 4.90 Å². The van der Waals surface area contributed by atoms with Crippen LogP contribution < -0.4 is 20.1 Å². The van der Waals surface area contributed by atoms with Crippen LogP contribution in [0.3, 0.4) is 0 Å². The molecule has 0 radical (unpaired) electrons. The Kier molecular flexibility index (Phi) is 9.94. The SMILES string of the molecule is CCC(C)Oc1cc2c(cc1OC)CC(=O)N(c1ccc(C(C)N(CCCN)C(C)=O)cc1)C2c1ccc(Cl)cc1. The summed E-state index contributed by atoms with van der Waals surface area (Å²) in [6.45, 7) is 8.81. The quantitative estimate of drug-likeness (QED) is 0.282. The molecule has 1 aliphatic heterocycles. The molecule has 2 N–H and O–H groups in total. The van der Waals surface area contributed by atoms with Crippen molar-refractivity contribution in [1.29, 1.82) is 0 Å². The van der Waals surface area contributed by atoms with Crippen molar-refractivity contribution >= 4 is 29.1 Å². The molecule has 4 rings (SSSR count). The summed E-state index contributed by atoms with van der Waals surface area (Å²) >= 11 is 6.25. The molecule has 3 atom stereocenters. The van der Waals surface area contributed by atoms with E-state index in [1.165, 1.54) is 0 Å². The lowest BCUT2D eigenvalue weighted by Crippen LogP contribution is -2.41. The molecule has 0 aromatic heterocycles. The fourth-order valence-corrected chi connectivity index (χ4v) is 5.48. The van der Waals surface area contributed by atoms with Gasteiger partial charge in [-0.2, -0.15) is 0 Å². The van der Waals surface area contributed by atoms with Crippen LogP contribution in [0, 0.1) is 0 Å². The standard InChI is InChI=1S/C33H40ClN3O4/c1-6-21(2)41-31-20-29-26(18-30(31)40-5)19-32(39)37(33(29)25-8-12-27(34)13-9-25)28-14-10-24(11-15-28)22(3)36(23(4)38)17-7-16-35/h8-15,18,20-22,33H,6-7,16-17,19,35H2,1-5H3. The van der Waals surface area contributed by atoms with Crippen LogP contribution in [0.4, 0.5) is 5.69 Å². The van der Waals surface area contributed by atoms with Crippen molar-refractivity contribution in [3.63, 3.8) is 0 Å². The second kappa shape index (κ2) is 13.4. The number of carbonyl (C=O) groups is 2. The lowest BCUT2D eigenvalue weighted by atomic mass is 9.86. The van der Waals surface area contributed by atoms with Gasteiger partial charge in [-0.1, -0.05) is 42.8 Å². The minimum Gasteiger partial charge on any atom is -0.493 e. The van der Waals surface area contributed by atoms with Crippen molar-refractivity contribution in [2.75, 3.05) is 25.1 Å². The molecule has 3 aromatic rings. The van der Waals surface area contributed by atoms with E-state index in [4.69, 9.17) is 26.8 Å². The Labute approximate surface area is 248 Å². The van der Waals surface area contributed by atoms with Gasteiger partial charge in [0.25, 0.3) is 0 Å². The number of nitrogens with two attached hydrogens (primary N) is 1. The molecular weight excluding hydrogens is 538 g/mol. The number of hydrogen-bond acceptors (Lipinski definition) is 5. The maximum atomic E-state index is 13.8. The Balaban J connectivity index is 1.78. The molecule has 3 aromatic carbocycles. The van der Waals surface area contributed by atoms with Gasteiger partial charge in [-0.05, 0) is 91.9 Å². The van der Waals surface area contributed by atoms with Crippen molar-refractivity contribution in [2.24, 2.45) is 5.73 Å². The molecule has 1 heterocycles. The van der Waals surface area contributed by atoms with Crippen LogP contribution in [0.5, 0.6) is 11.5 Å². The highest BCUT2D eigenvalue weighted by molar-refractivity contribution is 6.30. The summed E-state index contributed by atoms with van der Waals surface area (Å²) in [6, 6.07) is 18.9. The number of amides is 2. The van der Waals surface area contributed by atoms with Gasteiger partial charge in [-0.15, -0.1) is 0 Å². The van der Waals surface area contributed by atoms with E-state index < -0.39 is 6.04 Å². The predicted octanol–water partition coefficient (Wildman–Crippen LogP) is 6.46. The topological polar surface area (TPSA) is 85.1 Å². The summed E-state index contributed by atoms with van der Waals surface area (Å²) in [4.78, 5) is 29.8. The summed E-state index contributed by atoms with van der Waals surface area (Å²) in [5.41, 5.74) is 10.3. The summed E-state index contributed by atoms with van der Waals surface area (Å²) in [5, 5.41) is 0.626. The predicted molar refractivity (Wildman–Crippen MR) is 164 cm³/mol. The van der Waals surface area contributed by atoms with Crippen molar-refractivity contribution in [2.45, 2.75) is 65.1 Å². The average molecular weight is 578 g/mol. The maximum Gasteiger partial charge on any atom is 0.232 e. The normalized spacial score (nSPS) is 16.1. The van der Waals surface area contributed by atoms with E-state index in [-0.39, 0.29) is 30.4 Å². The first-order valence-corrected chi connectivity index (χ1v) is 14.6. The van der Waals surface area contributed by atoms with Gasteiger partial charge in [0.1, 0.15) is 0 Å². The molecular formula is C33H40ClN3O4. The Bertz CT molecular complexity index is 1360. The first-order chi connectivity index (χ1) is 19.7. The first-order valence-electron chi connectivity index (χ1n) is 14.2. The first kappa shape index (κ1) is 30.4. The minimum atomic E-state index is -0.393. The number of hydrogen-bond donors (Lipinski definition) is 1. The fraction of sp³-hybridized carbons (Fsp3) is 0.394. The molecule has 0 saturated heterocycles. The average Bonchev–Trinajstić information content (AvgIpc) is 2.96. The van der Waals surface area contributed by atoms with Crippen LogP contribution in [0.2, 0.25) is 5.02 Å². The highest BCUT2D eigenvalue weighted by Gasteiger charge is 2.36. The second-order valence-corrected chi connectivity index (χ2v) is 11.0. The van der Waals surface area contributed by atoms with E-state index in [9.17, 15) is 9.59 Å². The zero-order valence-electron chi connectivity index (χ0n) is 24.5. The van der Waals surface area contributed by atoms with Crippen LogP contribution in [-0.4, -0.2) is 43.0 Å². The minimum absolute atomic E-state index is 0.00575. The lowest BCUT2D eigenvalue weighted by Gasteiger charge is -2.38. The van der Waals surface area contributed by atoms with Gasteiger partial charge in [-0.25, -0.2) is 0 Å². The number of anilines is 1. The third-order valence-electron chi connectivity index (χ3n) is 7.81. The molecule has 0 bridgehead atoms. The number of carbonyl (C=O) groups excluding carboxylic acids is 2. The van der Waals surface area contributed by atoms with Crippen LogP contribution in [0.1, 0.15) is 74.9 Å². The molecule has 0 aliphatic carbocycles. The smallest absolute Gasteiger partial charge is 0.232 e. The number of nitrogens with zero attached hydrogens (tertiary/aromatic N) is 2. The Morgan fingerprint density at radius 3 is 2.37 bits per heavy atom. The third kappa shape index (κ3) is 6.68. The van der Waals surface area contributed by atoms with Crippen LogP contribution >= 0.6 is 11.6 Å². The molecule has 2 amide bonds. The number of halogens is 1. The lowest BCUT2D eigenvalue weighted by molar-refractivity contribution is -0.131. The molecule has 218 valence electrons. The number of fused-ring (bicyclic) bond motifs is 1. The molecule has 0 spiro atoms. The molecule has 41 heavy (non-hydrogen) atoms. The summed E-state index contributed by atoms with van der Waals surface area (Å²) in [6.07, 6.45) is 1.82. The van der Waals surface area contributed by atoms with Crippen molar-refractivity contribution in [3.8, 4) is 11.5 Å². The van der Waals surface area contributed by atoms with E-state index in [1.807, 2.05) is 84.3 Å². The van der Waals surface area contributed by atoms with Gasteiger partial charge < -0.3 is 25.0 Å². The zero-order valence-corrected chi connectivity index (χ0v) is 25.3. The number of benzene rings is 3. The fourth-order valence-electron chi connectivity index (χ4n) is 5.35.